The highest BCUT2D eigenvalue weighted by Gasteiger charge is 2.37. The fourth-order valence-corrected chi connectivity index (χ4v) is 4.69. The molecule has 3 fully saturated rings. The zero-order chi connectivity index (χ0) is 20.4. The van der Waals surface area contributed by atoms with E-state index < -0.39 is 0 Å². The number of methoxy groups -OCH3 is 1. The van der Waals surface area contributed by atoms with Gasteiger partial charge in [0.2, 0.25) is 0 Å². The molecule has 0 radical (unpaired) electrons. The predicted molar refractivity (Wildman–Crippen MR) is 115 cm³/mol. The summed E-state index contributed by atoms with van der Waals surface area (Å²) in [6.45, 7) is 6.39. The molecule has 0 N–H and O–H groups in total. The minimum Gasteiger partial charge on any atom is -0.446 e. The molecule has 8 heteroatoms. The van der Waals surface area contributed by atoms with Crippen LogP contribution in [0.2, 0.25) is 10.0 Å². The minimum atomic E-state index is -0.183. The Kier molecular flexibility index (Phi) is 6.74. The number of carbonyl (C=O) groups is 1. The number of hydrogen-bond donors (Lipinski definition) is 0. The first kappa shape index (κ1) is 21.0. The van der Waals surface area contributed by atoms with Crippen molar-refractivity contribution in [1.82, 2.24) is 9.80 Å². The first-order valence-corrected chi connectivity index (χ1v) is 11.2. The summed E-state index contributed by atoms with van der Waals surface area (Å²) < 4.78 is 10.8. The van der Waals surface area contributed by atoms with Crippen molar-refractivity contribution in [3.05, 3.63) is 28.2 Å². The number of piperazine rings is 1. The third kappa shape index (κ3) is 4.93. The summed E-state index contributed by atoms with van der Waals surface area (Å²) in [7, 11) is 1.68. The Morgan fingerprint density at radius 1 is 1.10 bits per heavy atom. The largest absolute Gasteiger partial charge is 0.446 e. The maximum atomic E-state index is 12.0. The SMILES string of the molecule is COC1CN(C(=O)OC2CC(CCN3CCN(c4cccc(Cl)c4Cl)CC3)C2)C1. The number of halogens is 2. The molecule has 4 rings (SSSR count). The summed E-state index contributed by atoms with van der Waals surface area (Å²) in [5.41, 5.74) is 1.03. The highest BCUT2D eigenvalue weighted by molar-refractivity contribution is 6.43. The predicted octanol–water partition coefficient (Wildman–Crippen LogP) is 3.75. The van der Waals surface area contributed by atoms with Gasteiger partial charge in [-0.3, -0.25) is 4.90 Å². The van der Waals surface area contributed by atoms with E-state index in [0.717, 1.165) is 51.3 Å². The van der Waals surface area contributed by atoms with Crippen molar-refractivity contribution in [2.24, 2.45) is 5.92 Å². The van der Waals surface area contributed by atoms with Gasteiger partial charge in [0, 0.05) is 33.3 Å². The van der Waals surface area contributed by atoms with Crippen molar-refractivity contribution < 1.29 is 14.3 Å². The number of hydrogen-bond acceptors (Lipinski definition) is 5. The third-order valence-electron chi connectivity index (χ3n) is 6.40. The zero-order valence-corrected chi connectivity index (χ0v) is 18.4. The van der Waals surface area contributed by atoms with Gasteiger partial charge in [-0.15, -0.1) is 0 Å². The normalized spacial score (nSPS) is 25.5. The minimum absolute atomic E-state index is 0.0934. The molecule has 29 heavy (non-hydrogen) atoms. The van der Waals surface area contributed by atoms with Gasteiger partial charge in [-0.05, 0) is 43.9 Å². The number of benzene rings is 1. The van der Waals surface area contributed by atoms with Crippen LogP contribution < -0.4 is 4.90 Å². The number of carbonyl (C=O) groups excluding carboxylic acids is 1. The number of likely N-dealkylation sites (tertiary alicyclic amines) is 1. The van der Waals surface area contributed by atoms with Crippen molar-refractivity contribution >= 4 is 35.0 Å². The van der Waals surface area contributed by atoms with E-state index >= 15 is 0 Å². The Labute approximate surface area is 182 Å². The van der Waals surface area contributed by atoms with Crippen LogP contribution in [-0.2, 0) is 9.47 Å². The van der Waals surface area contributed by atoms with Crippen molar-refractivity contribution in [1.29, 1.82) is 0 Å². The van der Waals surface area contributed by atoms with Crippen molar-refractivity contribution in [2.45, 2.75) is 31.5 Å². The van der Waals surface area contributed by atoms with Crippen LogP contribution in [0.5, 0.6) is 0 Å². The Hall–Kier alpha value is -1.21. The van der Waals surface area contributed by atoms with E-state index in [2.05, 4.69) is 9.80 Å². The number of amides is 1. The maximum Gasteiger partial charge on any atom is 0.410 e. The van der Waals surface area contributed by atoms with Gasteiger partial charge in [-0.25, -0.2) is 4.79 Å². The van der Waals surface area contributed by atoms with Gasteiger partial charge < -0.3 is 19.3 Å². The fraction of sp³-hybridized carbons (Fsp3) is 0.667. The number of nitrogens with zero attached hydrogens (tertiary/aromatic N) is 3. The Morgan fingerprint density at radius 2 is 1.83 bits per heavy atom. The topological polar surface area (TPSA) is 45.2 Å². The quantitative estimate of drug-likeness (QED) is 0.672. The van der Waals surface area contributed by atoms with Gasteiger partial charge in [-0.1, -0.05) is 29.3 Å². The van der Waals surface area contributed by atoms with Gasteiger partial charge in [0.15, 0.2) is 0 Å². The Bertz CT molecular complexity index is 715. The van der Waals surface area contributed by atoms with Crippen LogP contribution in [0.1, 0.15) is 19.3 Å². The molecule has 160 valence electrons. The van der Waals surface area contributed by atoms with Crippen LogP contribution in [0.25, 0.3) is 0 Å². The van der Waals surface area contributed by atoms with E-state index in [1.54, 1.807) is 12.0 Å². The smallest absolute Gasteiger partial charge is 0.410 e. The van der Waals surface area contributed by atoms with E-state index in [4.69, 9.17) is 32.7 Å². The first-order chi connectivity index (χ1) is 14.0. The molecular formula is C21H29Cl2N3O3. The standard InChI is InChI=1S/C21H29Cl2N3O3/c1-28-17-13-26(14-17)21(27)29-16-11-15(12-16)5-6-24-7-9-25(10-8-24)19-4-2-3-18(22)20(19)23/h2-4,15-17H,5-14H2,1H3. The second kappa shape index (κ2) is 9.29. The van der Waals surface area contributed by atoms with E-state index in [-0.39, 0.29) is 18.3 Å². The maximum absolute atomic E-state index is 12.0. The van der Waals surface area contributed by atoms with Crippen LogP contribution >= 0.6 is 23.2 Å². The molecule has 3 aliphatic rings. The summed E-state index contributed by atoms with van der Waals surface area (Å²) in [5.74, 6) is 0.663. The van der Waals surface area contributed by atoms with Crippen LogP contribution in [0, 0.1) is 5.92 Å². The number of ether oxygens (including phenoxy) is 2. The van der Waals surface area contributed by atoms with Gasteiger partial charge in [0.1, 0.15) is 6.10 Å². The summed E-state index contributed by atoms with van der Waals surface area (Å²) in [6.07, 6.45) is 3.23. The summed E-state index contributed by atoms with van der Waals surface area (Å²) in [4.78, 5) is 18.6. The van der Waals surface area contributed by atoms with Gasteiger partial charge in [-0.2, -0.15) is 0 Å². The zero-order valence-electron chi connectivity index (χ0n) is 16.9. The summed E-state index contributed by atoms with van der Waals surface area (Å²) in [6, 6.07) is 5.82. The van der Waals surface area contributed by atoms with Crippen LogP contribution in [0.4, 0.5) is 10.5 Å². The molecular weight excluding hydrogens is 413 g/mol. The summed E-state index contributed by atoms with van der Waals surface area (Å²) in [5, 5.41) is 1.26. The molecule has 0 unspecified atom stereocenters. The Balaban J connectivity index is 1.11. The molecule has 6 nitrogen and oxygen atoms in total. The third-order valence-corrected chi connectivity index (χ3v) is 7.21. The number of anilines is 1. The molecule has 2 heterocycles. The first-order valence-electron chi connectivity index (χ1n) is 10.4. The lowest BCUT2D eigenvalue weighted by atomic mass is 9.80. The lowest BCUT2D eigenvalue weighted by molar-refractivity contribution is -0.0542. The monoisotopic (exact) mass is 441 g/mol. The highest BCUT2D eigenvalue weighted by atomic mass is 35.5. The molecule has 1 aromatic rings. The second-order valence-corrected chi connectivity index (χ2v) is 9.08. The molecule has 1 aromatic carbocycles. The summed E-state index contributed by atoms with van der Waals surface area (Å²) >= 11 is 12.5. The molecule has 1 amide bonds. The molecule has 1 saturated carbocycles. The molecule has 2 saturated heterocycles. The fourth-order valence-electron chi connectivity index (χ4n) is 4.27. The van der Waals surface area contributed by atoms with Gasteiger partial charge in [0.05, 0.1) is 34.9 Å². The molecule has 0 spiro atoms. The number of rotatable bonds is 6. The molecule has 0 atom stereocenters. The lowest BCUT2D eigenvalue weighted by Gasteiger charge is -2.41. The average Bonchev–Trinajstić information content (AvgIpc) is 2.65. The van der Waals surface area contributed by atoms with Crippen molar-refractivity contribution in [3.8, 4) is 0 Å². The Morgan fingerprint density at radius 3 is 2.52 bits per heavy atom. The van der Waals surface area contributed by atoms with Crippen molar-refractivity contribution in [2.75, 3.05) is 57.8 Å². The molecule has 0 bridgehead atoms. The highest BCUT2D eigenvalue weighted by Crippen LogP contribution is 2.35. The molecule has 1 aliphatic carbocycles. The molecule has 0 aromatic heterocycles. The molecule has 2 aliphatic heterocycles. The lowest BCUT2D eigenvalue weighted by Crippen LogP contribution is -2.55. The van der Waals surface area contributed by atoms with Crippen molar-refractivity contribution in [3.63, 3.8) is 0 Å². The van der Waals surface area contributed by atoms with Crippen LogP contribution in [0.15, 0.2) is 18.2 Å². The van der Waals surface area contributed by atoms with E-state index in [1.165, 1.54) is 6.42 Å². The average molecular weight is 442 g/mol. The van der Waals surface area contributed by atoms with Crippen LogP contribution in [-0.4, -0.2) is 81.0 Å². The van der Waals surface area contributed by atoms with E-state index in [9.17, 15) is 4.79 Å². The van der Waals surface area contributed by atoms with Gasteiger partial charge in [0.25, 0.3) is 0 Å². The van der Waals surface area contributed by atoms with Crippen LogP contribution in [0.3, 0.4) is 0 Å². The van der Waals surface area contributed by atoms with E-state index in [0.29, 0.717) is 29.1 Å². The second-order valence-electron chi connectivity index (χ2n) is 8.30. The van der Waals surface area contributed by atoms with E-state index in [1.807, 2.05) is 18.2 Å². The van der Waals surface area contributed by atoms with Gasteiger partial charge >= 0.3 is 6.09 Å².